The van der Waals surface area contributed by atoms with Crippen LogP contribution >= 0.6 is 0 Å². The van der Waals surface area contributed by atoms with E-state index in [0.29, 0.717) is 35.4 Å². The standard InChI is InChI=1S/C38H47BN4O6/c1-23(2)16-32(39-47-31-19-26-18-30(36(26,3)4)37(31,5)48-39)42-35(45)38(20-24-10-9-12-28(17-24)46-6)21-27(43-49-38)22-41-34(44)33-29-13-8-7-11-25(29)14-15-40-33/h7-15,17,23,26,30-32H,16,18-22H2,1-6H3,(H,41,44)(H,42,45)/t26-,30-,31+,32-,37-,38?/m0/s1. The van der Waals surface area contributed by atoms with Crippen LogP contribution in [0.4, 0.5) is 0 Å². The normalized spacial score (nSPS) is 28.7. The number of nitrogens with one attached hydrogen (secondary N) is 2. The van der Waals surface area contributed by atoms with E-state index in [9.17, 15) is 9.59 Å². The van der Waals surface area contributed by atoms with E-state index in [4.69, 9.17) is 18.9 Å². The van der Waals surface area contributed by atoms with Crippen molar-refractivity contribution in [3.8, 4) is 5.75 Å². The number of carbonyl (C=O) groups excluding carboxylic acids is 2. The van der Waals surface area contributed by atoms with Crippen LogP contribution in [0.1, 0.15) is 76.4 Å². The minimum atomic E-state index is -1.35. The summed E-state index contributed by atoms with van der Waals surface area (Å²) in [6.45, 7) is 11.3. The summed E-state index contributed by atoms with van der Waals surface area (Å²) in [5.41, 5.74) is 0.230. The van der Waals surface area contributed by atoms with E-state index < -0.39 is 18.3 Å². The van der Waals surface area contributed by atoms with Crippen molar-refractivity contribution in [2.45, 2.75) is 90.0 Å². The van der Waals surface area contributed by atoms with Gasteiger partial charge in [-0.15, -0.1) is 0 Å². The first-order valence-corrected chi connectivity index (χ1v) is 17.5. The minimum absolute atomic E-state index is 0.00378. The number of rotatable bonds is 11. The van der Waals surface area contributed by atoms with Crippen molar-refractivity contribution in [1.29, 1.82) is 0 Å². The van der Waals surface area contributed by atoms with Gasteiger partial charge >= 0.3 is 7.12 Å². The Balaban J connectivity index is 1.10. The van der Waals surface area contributed by atoms with Gasteiger partial charge in [-0.25, -0.2) is 0 Å². The fourth-order valence-electron chi connectivity index (χ4n) is 8.73. The molecule has 2 N–H and O–H groups in total. The van der Waals surface area contributed by atoms with E-state index >= 15 is 0 Å². The van der Waals surface area contributed by atoms with Crippen LogP contribution in [0.3, 0.4) is 0 Å². The largest absolute Gasteiger partial charge is 0.497 e. The monoisotopic (exact) mass is 666 g/mol. The Morgan fingerprint density at radius 2 is 1.90 bits per heavy atom. The molecule has 2 bridgehead atoms. The lowest BCUT2D eigenvalue weighted by atomic mass is 9.43. The molecule has 4 fully saturated rings. The van der Waals surface area contributed by atoms with E-state index in [2.05, 4.69) is 55.4 Å². The van der Waals surface area contributed by atoms with Crippen LogP contribution < -0.4 is 15.4 Å². The van der Waals surface area contributed by atoms with Crippen LogP contribution in [-0.4, -0.2) is 66.5 Å². The van der Waals surface area contributed by atoms with Crippen molar-refractivity contribution in [2.75, 3.05) is 13.7 Å². The molecule has 1 unspecified atom stereocenters. The minimum Gasteiger partial charge on any atom is -0.497 e. The molecule has 2 amide bonds. The molecule has 258 valence electrons. The number of methoxy groups -OCH3 is 1. The van der Waals surface area contributed by atoms with E-state index in [1.54, 1.807) is 13.3 Å². The Labute approximate surface area is 288 Å². The Morgan fingerprint density at radius 3 is 2.67 bits per heavy atom. The highest BCUT2D eigenvalue weighted by molar-refractivity contribution is 6.48. The number of carbonyl (C=O) groups is 2. The summed E-state index contributed by atoms with van der Waals surface area (Å²) in [5, 5.41) is 12.3. The number of pyridine rings is 1. The van der Waals surface area contributed by atoms with Gasteiger partial charge in [0.25, 0.3) is 11.8 Å². The van der Waals surface area contributed by atoms with Crippen LogP contribution in [0.5, 0.6) is 5.75 Å². The molecule has 3 aromatic rings. The summed E-state index contributed by atoms with van der Waals surface area (Å²) >= 11 is 0. The van der Waals surface area contributed by atoms with E-state index in [-0.39, 0.29) is 54.6 Å². The lowest BCUT2D eigenvalue weighted by molar-refractivity contribution is -0.199. The molecule has 10 nitrogen and oxygen atoms in total. The number of ether oxygens (including phenoxy) is 1. The lowest BCUT2D eigenvalue weighted by Crippen LogP contribution is -2.65. The molecule has 3 saturated carbocycles. The molecule has 2 aliphatic heterocycles. The van der Waals surface area contributed by atoms with Crippen molar-refractivity contribution in [2.24, 2.45) is 28.3 Å². The van der Waals surface area contributed by atoms with E-state index in [1.165, 1.54) is 0 Å². The molecule has 5 aliphatic rings. The third-order valence-corrected chi connectivity index (χ3v) is 11.6. The van der Waals surface area contributed by atoms with Crippen LogP contribution in [0.25, 0.3) is 10.8 Å². The zero-order valence-electron chi connectivity index (χ0n) is 29.3. The smallest absolute Gasteiger partial charge is 0.481 e. The summed E-state index contributed by atoms with van der Waals surface area (Å²) in [6.07, 6.45) is 4.87. The topological polar surface area (TPSA) is 120 Å². The highest BCUT2D eigenvalue weighted by Crippen LogP contribution is 2.65. The Hall–Kier alpha value is -3.96. The molecule has 2 aromatic carbocycles. The van der Waals surface area contributed by atoms with Crippen LogP contribution in [0.2, 0.25) is 0 Å². The molecule has 11 heteroatoms. The SMILES string of the molecule is COc1cccc(CC2(C(=O)N[C@@H](CC(C)C)B3O[C@@H]4C[C@@H]5C[C@@H](C5(C)C)[C@]4(C)O3)CC(CNC(=O)c3nccc4ccccc34)=NO2)c1. The quantitative estimate of drug-likeness (QED) is 0.259. The fourth-order valence-corrected chi connectivity index (χ4v) is 8.73. The number of fused-ring (bicyclic) bond motifs is 1. The molecule has 1 saturated heterocycles. The molecule has 3 heterocycles. The predicted octanol–water partition coefficient (Wildman–Crippen LogP) is 5.53. The van der Waals surface area contributed by atoms with Crippen molar-refractivity contribution in [1.82, 2.24) is 15.6 Å². The predicted molar refractivity (Wildman–Crippen MR) is 188 cm³/mol. The number of nitrogens with zero attached hydrogens (tertiary/aromatic N) is 2. The number of hydrogen-bond acceptors (Lipinski definition) is 8. The molecule has 0 spiro atoms. The van der Waals surface area contributed by atoms with E-state index in [1.807, 2.05) is 54.6 Å². The first kappa shape index (κ1) is 33.5. The van der Waals surface area contributed by atoms with Crippen LogP contribution in [-0.2, 0) is 25.4 Å². The summed E-state index contributed by atoms with van der Waals surface area (Å²) in [4.78, 5) is 38.3. The molecular formula is C38H47BN4O6. The van der Waals surface area contributed by atoms with Crippen molar-refractivity contribution in [3.05, 3.63) is 72.1 Å². The Bertz CT molecular complexity index is 1780. The van der Waals surface area contributed by atoms with Gasteiger partial charge < -0.3 is 29.5 Å². The van der Waals surface area contributed by atoms with Gasteiger partial charge in [0.15, 0.2) is 0 Å². The Morgan fingerprint density at radius 1 is 1.08 bits per heavy atom. The average molecular weight is 667 g/mol. The first-order chi connectivity index (χ1) is 23.4. The summed E-state index contributed by atoms with van der Waals surface area (Å²) in [5.74, 6) is 1.00. The van der Waals surface area contributed by atoms with Gasteiger partial charge in [0.2, 0.25) is 5.60 Å². The second-order valence-corrected chi connectivity index (χ2v) is 15.6. The number of benzene rings is 2. The van der Waals surface area contributed by atoms with Gasteiger partial charge in [-0.1, -0.05) is 69.2 Å². The third kappa shape index (κ3) is 6.09. The fraction of sp³-hybridized carbons (Fsp3) is 0.526. The van der Waals surface area contributed by atoms with Gasteiger partial charge in [-0.2, -0.15) is 0 Å². The average Bonchev–Trinajstić information content (AvgIpc) is 3.67. The lowest BCUT2D eigenvalue weighted by Gasteiger charge is -2.64. The van der Waals surface area contributed by atoms with Crippen molar-refractivity contribution in [3.63, 3.8) is 0 Å². The molecule has 3 aliphatic carbocycles. The number of amides is 2. The molecule has 49 heavy (non-hydrogen) atoms. The summed E-state index contributed by atoms with van der Waals surface area (Å²) in [6, 6.07) is 17.1. The van der Waals surface area contributed by atoms with Gasteiger partial charge in [0.05, 0.1) is 37.0 Å². The Kier molecular flexibility index (Phi) is 8.72. The molecule has 1 aromatic heterocycles. The van der Waals surface area contributed by atoms with Crippen molar-refractivity contribution >= 4 is 35.4 Å². The van der Waals surface area contributed by atoms with Crippen molar-refractivity contribution < 1.29 is 28.5 Å². The second kappa shape index (κ2) is 12.7. The number of oxime groups is 1. The van der Waals surface area contributed by atoms with Gasteiger partial charge in [0, 0.05) is 24.4 Å². The molecule has 8 rings (SSSR count). The third-order valence-electron chi connectivity index (χ3n) is 11.6. The number of hydrogen-bond donors (Lipinski definition) is 2. The van der Waals surface area contributed by atoms with Gasteiger partial charge in [-0.3, -0.25) is 14.6 Å². The maximum Gasteiger partial charge on any atom is 0.481 e. The zero-order chi connectivity index (χ0) is 34.6. The maximum atomic E-state index is 14.5. The summed E-state index contributed by atoms with van der Waals surface area (Å²) in [7, 11) is 1.04. The maximum absolute atomic E-state index is 14.5. The number of aromatic nitrogens is 1. The second-order valence-electron chi connectivity index (χ2n) is 15.6. The molecule has 6 atom stereocenters. The van der Waals surface area contributed by atoms with Gasteiger partial charge in [-0.05, 0) is 78.5 Å². The highest BCUT2D eigenvalue weighted by atomic mass is 16.7. The highest BCUT2D eigenvalue weighted by Gasteiger charge is 2.68. The molecule has 0 radical (unpaired) electrons. The van der Waals surface area contributed by atoms with Crippen LogP contribution in [0, 0.1) is 23.2 Å². The van der Waals surface area contributed by atoms with Gasteiger partial charge in [0.1, 0.15) is 11.4 Å². The van der Waals surface area contributed by atoms with E-state index in [0.717, 1.165) is 29.2 Å². The summed E-state index contributed by atoms with van der Waals surface area (Å²) < 4.78 is 19.0. The first-order valence-electron chi connectivity index (χ1n) is 17.5. The molecular weight excluding hydrogens is 619 g/mol. The zero-order valence-corrected chi connectivity index (χ0v) is 29.3. The van der Waals surface area contributed by atoms with Crippen LogP contribution in [0.15, 0.2) is 65.9 Å².